The van der Waals surface area contributed by atoms with Crippen LogP contribution in [0.25, 0.3) is 0 Å². The molecule has 1 fully saturated rings. The summed E-state index contributed by atoms with van der Waals surface area (Å²) in [6.45, 7) is 5.03. The number of piperidine rings is 1. The molecule has 0 radical (unpaired) electrons. The van der Waals surface area contributed by atoms with E-state index in [0.717, 1.165) is 4.90 Å². The fourth-order valence-electron chi connectivity index (χ4n) is 1.72. The summed E-state index contributed by atoms with van der Waals surface area (Å²) in [7, 11) is 0. The Balaban J connectivity index is 3.00. The number of nitrogens with zero attached hydrogens (tertiary/aromatic N) is 1. The minimum atomic E-state index is -1.11. The van der Waals surface area contributed by atoms with Crippen molar-refractivity contribution in [3.63, 3.8) is 0 Å². The number of amides is 2. The van der Waals surface area contributed by atoms with Crippen LogP contribution in [-0.2, 0) is 14.4 Å². The lowest BCUT2D eigenvalue weighted by Crippen LogP contribution is -2.54. The monoisotopic (exact) mass is 227 g/mol. The molecule has 0 aliphatic carbocycles. The minimum Gasteiger partial charge on any atom is -0.480 e. The molecule has 5 heteroatoms. The summed E-state index contributed by atoms with van der Waals surface area (Å²) in [6, 6.07) is -0.993. The van der Waals surface area contributed by atoms with E-state index in [1.807, 2.05) is 0 Å². The second-order valence-electron chi connectivity index (χ2n) is 5.07. The average Bonchev–Trinajstić information content (AvgIpc) is 2.14. The van der Waals surface area contributed by atoms with Crippen molar-refractivity contribution in [3.8, 4) is 0 Å². The van der Waals surface area contributed by atoms with Crippen molar-refractivity contribution in [2.75, 3.05) is 0 Å². The molecule has 1 heterocycles. The van der Waals surface area contributed by atoms with Gasteiger partial charge in [0.05, 0.1) is 0 Å². The molecule has 2 amide bonds. The number of carbonyl (C=O) groups is 3. The Labute approximate surface area is 94.4 Å². The Morgan fingerprint density at radius 2 is 1.94 bits per heavy atom. The summed E-state index contributed by atoms with van der Waals surface area (Å²) in [4.78, 5) is 35.5. The highest BCUT2D eigenvalue weighted by atomic mass is 16.4. The smallest absolute Gasteiger partial charge is 0.326 e. The topological polar surface area (TPSA) is 74.7 Å². The maximum Gasteiger partial charge on any atom is 0.326 e. The predicted molar refractivity (Wildman–Crippen MR) is 56.6 cm³/mol. The van der Waals surface area contributed by atoms with Crippen LogP contribution in [0.1, 0.15) is 40.0 Å². The van der Waals surface area contributed by atoms with E-state index in [4.69, 9.17) is 5.11 Å². The number of imide groups is 1. The minimum absolute atomic E-state index is 0.256. The van der Waals surface area contributed by atoms with E-state index in [-0.39, 0.29) is 12.3 Å². The molecular formula is C11H17NO4. The Bertz CT molecular complexity index is 329. The molecule has 90 valence electrons. The number of aliphatic carboxylic acids is 1. The first kappa shape index (κ1) is 12.7. The SMILES string of the molecule is CC(C)(C)C(=O)N1C(=O)CCCC1C(=O)O. The molecule has 1 rings (SSSR count). The van der Waals surface area contributed by atoms with Crippen LogP contribution in [0.3, 0.4) is 0 Å². The van der Waals surface area contributed by atoms with Crippen molar-refractivity contribution in [1.29, 1.82) is 0 Å². The van der Waals surface area contributed by atoms with Gasteiger partial charge in [-0.2, -0.15) is 0 Å². The summed E-state index contributed by atoms with van der Waals surface area (Å²) in [5, 5.41) is 8.99. The van der Waals surface area contributed by atoms with Crippen LogP contribution in [0, 0.1) is 5.41 Å². The number of carboxylic acids is 1. The van der Waals surface area contributed by atoms with Gasteiger partial charge in [0.2, 0.25) is 11.8 Å². The van der Waals surface area contributed by atoms with Crippen molar-refractivity contribution in [3.05, 3.63) is 0 Å². The Kier molecular flexibility index (Phi) is 3.35. The molecule has 0 bridgehead atoms. The van der Waals surface area contributed by atoms with Crippen LogP contribution in [0.2, 0.25) is 0 Å². The molecule has 0 aromatic carbocycles. The summed E-state index contributed by atoms with van der Waals surface area (Å²) < 4.78 is 0. The number of likely N-dealkylation sites (tertiary alicyclic amines) is 1. The van der Waals surface area contributed by atoms with Gasteiger partial charge in [0.15, 0.2) is 0 Å². The standard InChI is InChI=1S/C11H17NO4/c1-11(2,3)10(16)12-7(9(14)15)5-4-6-8(12)13/h7H,4-6H2,1-3H3,(H,14,15). The normalized spacial score (nSPS) is 22.1. The van der Waals surface area contributed by atoms with Crippen molar-refractivity contribution < 1.29 is 19.5 Å². The van der Waals surface area contributed by atoms with E-state index < -0.39 is 23.3 Å². The highest BCUT2D eigenvalue weighted by molar-refractivity contribution is 6.01. The molecule has 0 saturated carbocycles. The van der Waals surface area contributed by atoms with Gasteiger partial charge in [0, 0.05) is 11.8 Å². The van der Waals surface area contributed by atoms with Crippen LogP contribution < -0.4 is 0 Å². The molecule has 1 atom stereocenters. The zero-order chi connectivity index (χ0) is 12.5. The van der Waals surface area contributed by atoms with Gasteiger partial charge in [0.25, 0.3) is 0 Å². The van der Waals surface area contributed by atoms with Crippen LogP contribution in [0.4, 0.5) is 0 Å². The van der Waals surface area contributed by atoms with Gasteiger partial charge in [-0.1, -0.05) is 20.8 Å². The highest BCUT2D eigenvalue weighted by Crippen LogP contribution is 2.25. The Morgan fingerprint density at radius 1 is 1.38 bits per heavy atom. The molecule has 16 heavy (non-hydrogen) atoms. The largest absolute Gasteiger partial charge is 0.480 e. The van der Waals surface area contributed by atoms with Gasteiger partial charge >= 0.3 is 5.97 Å². The predicted octanol–water partition coefficient (Wildman–Crippen LogP) is 1.02. The molecule has 1 unspecified atom stereocenters. The first-order chi connectivity index (χ1) is 7.25. The van der Waals surface area contributed by atoms with Crippen molar-refractivity contribution in [1.82, 2.24) is 4.90 Å². The molecule has 0 aromatic heterocycles. The van der Waals surface area contributed by atoms with E-state index in [2.05, 4.69) is 0 Å². The maximum absolute atomic E-state index is 12.0. The third-order valence-corrected chi connectivity index (χ3v) is 2.59. The fourth-order valence-corrected chi connectivity index (χ4v) is 1.72. The van der Waals surface area contributed by atoms with Crippen molar-refractivity contribution >= 4 is 17.8 Å². The lowest BCUT2D eigenvalue weighted by atomic mass is 9.91. The zero-order valence-corrected chi connectivity index (χ0v) is 9.82. The Morgan fingerprint density at radius 3 is 2.38 bits per heavy atom. The molecular weight excluding hydrogens is 210 g/mol. The summed E-state index contributed by atoms with van der Waals surface area (Å²) >= 11 is 0. The van der Waals surface area contributed by atoms with Crippen LogP contribution in [-0.4, -0.2) is 33.8 Å². The van der Waals surface area contributed by atoms with Gasteiger partial charge in [-0.15, -0.1) is 0 Å². The number of hydrogen-bond acceptors (Lipinski definition) is 3. The molecule has 1 N–H and O–H groups in total. The maximum atomic E-state index is 12.0. The highest BCUT2D eigenvalue weighted by Gasteiger charge is 2.41. The fraction of sp³-hybridized carbons (Fsp3) is 0.727. The van der Waals surface area contributed by atoms with Gasteiger partial charge < -0.3 is 5.11 Å². The molecule has 1 aliphatic heterocycles. The summed E-state index contributed by atoms with van der Waals surface area (Å²) in [6.07, 6.45) is 1.14. The van der Waals surface area contributed by atoms with Gasteiger partial charge in [-0.25, -0.2) is 4.79 Å². The van der Waals surface area contributed by atoms with Crippen LogP contribution in [0.5, 0.6) is 0 Å². The van der Waals surface area contributed by atoms with Gasteiger partial charge in [-0.3, -0.25) is 14.5 Å². The quantitative estimate of drug-likeness (QED) is 0.725. The van der Waals surface area contributed by atoms with Crippen LogP contribution >= 0.6 is 0 Å². The molecule has 0 spiro atoms. The average molecular weight is 227 g/mol. The molecule has 1 aliphatic rings. The molecule has 5 nitrogen and oxygen atoms in total. The van der Waals surface area contributed by atoms with Crippen molar-refractivity contribution in [2.24, 2.45) is 5.41 Å². The third-order valence-electron chi connectivity index (χ3n) is 2.59. The van der Waals surface area contributed by atoms with E-state index in [1.165, 1.54) is 0 Å². The third kappa shape index (κ3) is 2.40. The molecule has 0 aromatic rings. The molecule has 1 saturated heterocycles. The Hall–Kier alpha value is -1.39. The van der Waals surface area contributed by atoms with E-state index in [0.29, 0.717) is 12.8 Å². The summed E-state index contributed by atoms with van der Waals surface area (Å²) in [5.41, 5.74) is -0.735. The first-order valence-electron chi connectivity index (χ1n) is 5.34. The van der Waals surface area contributed by atoms with Gasteiger partial charge in [0.1, 0.15) is 6.04 Å². The zero-order valence-electron chi connectivity index (χ0n) is 9.82. The second-order valence-corrected chi connectivity index (χ2v) is 5.07. The number of hydrogen-bond donors (Lipinski definition) is 1. The van der Waals surface area contributed by atoms with E-state index >= 15 is 0 Å². The van der Waals surface area contributed by atoms with Gasteiger partial charge in [-0.05, 0) is 12.8 Å². The lowest BCUT2D eigenvalue weighted by molar-refractivity contribution is -0.164. The summed E-state index contributed by atoms with van der Waals surface area (Å²) in [5.74, 6) is -1.89. The first-order valence-corrected chi connectivity index (χ1v) is 5.34. The number of carboxylic acid groups (broad SMARTS) is 1. The van der Waals surface area contributed by atoms with Crippen molar-refractivity contribution in [2.45, 2.75) is 46.1 Å². The number of carbonyl (C=O) groups excluding carboxylic acids is 2. The van der Waals surface area contributed by atoms with E-state index in [1.54, 1.807) is 20.8 Å². The second kappa shape index (κ2) is 4.23. The number of rotatable bonds is 1. The lowest BCUT2D eigenvalue weighted by Gasteiger charge is -2.35. The van der Waals surface area contributed by atoms with Crippen LogP contribution in [0.15, 0.2) is 0 Å². The van der Waals surface area contributed by atoms with E-state index in [9.17, 15) is 14.4 Å².